The summed E-state index contributed by atoms with van der Waals surface area (Å²) in [5.41, 5.74) is 7.76. The molecule has 1 heterocycles. The molecule has 0 radical (unpaired) electrons. The maximum atomic E-state index is 12.2. The molecule has 3 aliphatic rings. The van der Waals surface area contributed by atoms with Crippen LogP contribution in [0.4, 0.5) is 0 Å². The summed E-state index contributed by atoms with van der Waals surface area (Å²) in [6.45, 7) is 12.3. The number of carbonyl (C=O) groups is 1. The summed E-state index contributed by atoms with van der Waals surface area (Å²) in [6.07, 6.45) is 3.24. The first-order valence-corrected chi connectivity index (χ1v) is 11.4. The number of aliphatic hydroxyl groups is 1. The number of epoxide rings is 1. The lowest BCUT2D eigenvalue weighted by Crippen LogP contribution is -2.34. The van der Waals surface area contributed by atoms with E-state index in [2.05, 4.69) is 58.9 Å². The zero-order chi connectivity index (χ0) is 22.2. The lowest BCUT2D eigenvalue weighted by Gasteiger charge is -2.42. The monoisotopic (exact) mass is 416 g/mol. The summed E-state index contributed by atoms with van der Waals surface area (Å²) < 4.78 is 6.14. The number of fused-ring (bicyclic) bond motifs is 1. The molecule has 1 fully saturated rings. The van der Waals surface area contributed by atoms with Crippen LogP contribution in [0.15, 0.2) is 42.2 Å². The average molecular weight is 417 g/mol. The summed E-state index contributed by atoms with van der Waals surface area (Å²) in [5.74, 6) is 0.239. The second-order valence-corrected chi connectivity index (χ2v) is 10.9. The van der Waals surface area contributed by atoms with Crippen molar-refractivity contribution in [3.05, 3.63) is 75.5 Å². The number of ketones is 1. The van der Waals surface area contributed by atoms with Gasteiger partial charge < -0.3 is 9.84 Å². The molecule has 3 heteroatoms. The third kappa shape index (κ3) is 3.09. The number of ether oxygens (including phenoxy) is 1. The molecule has 0 aromatic heterocycles. The van der Waals surface area contributed by atoms with Crippen LogP contribution in [0.3, 0.4) is 0 Å². The number of rotatable bonds is 3. The second kappa shape index (κ2) is 6.56. The highest BCUT2D eigenvalue weighted by Gasteiger charge is 2.50. The summed E-state index contributed by atoms with van der Waals surface area (Å²) in [6, 6.07) is 12.8. The highest BCUT2D eigenvalue weighted by atomic mass is 16.6. The van der Waals surface area contributed by atoms with Gasteiger partial charge in [-0.25, -0.2) is 0 Å². The lowest BCUT2D eigenvalue weighted by atomic mass is 9.62. The normalized spacial score (nSPS) is 26.2. The van der Waals surface area contributed by atoms with Crippen molar-refractivity contribution >= 4 is 11.4 Å². The number of hydrogen-bond donors (Lipinski definition) is 1. The highest BCUT2D eigenvalue weighted by molar-refractivity contribution is 6.23. The van der Waals surface area contributed by atoms with E-state index >= 15 is 0 Å². The Morgan fingerprint density at radius 2 is 1.45 bits per heavy atom. The van der Waals surface area contributed by atoms with Gasteiger partial charge in [0, 0.05) is 12.8 Å². The quantitative estimate of drug-likeness (QED) is 0.602. The van der Waals surface area contributed by atoms with E-state index < -0.39 is 5.60 Å². The molecule has 162 valence electrons. The van der Waals surface area contributed by atoms with Crippen LogP contribution in [0.25, 0.3) is 5.57 Å². The minimum absolute atomic E-state index is 0.0259. The predicted octanol–water partition coefficient (Wildman–Crippen LogP) is 6.25. The third-order valence-electron chi connectivity index (χ3n) is 7.86. The zero-order valence-corrected chi connectivity index (χ0v) is 19.3. The van der Waals surface area contributed by atoms with Crippen LogP contribution in [0, 0.1) is 6.92 Å². The second-order valence-electron chi connectivity index (χ2n) is 10.9. The molecule has 2 aliphatic carbocycles. The summed E-state index contributed by atoms with van der Waals surface area (Å²) >= 11 is 0. The van der Waals surface area contributed by atoms with Gasteiger partial charge in [-0.15, -0.1) is 0 Å². The number of hydrogen-bond acceptors (Lipinski definition) is 3. The van der Waals surface area contributed by atoms with Gasteiger partial charge in [-0.05, 0) is 64.0 Å². The fourth-order valence-corrected chi connectivity index (χ4v) is 5.58. The Morgan fingerprint density at radius 1 is 0.871 bits per heavy atom. The van der Waals surface area contributed by atoms with E-state index in [1.807, 2.05) is 12.1 Å². The minimum atomic E-state index is -0.411. The number of carbonyl (C=O) groups excluding carboxylic acids is 1. The molecule has 0 bridgehead atoms. The summed E-state index contributed by atoms with van der Waals surface area (Å²) in [5, 5.41) is 10.1. The molecule has 2 aromatic carbocycles. The van der Waals surface area contributed by atoms with E-state index in [4.69, 9.17) is 4.74 Å². The minimum Gasteiger partial charge on any atom is -0.512 e. The van der Waals surface area contributed by atoms with Crippen molar-refractivity contribution in [1.82, 2.24) is 0 Å². The summed E-state index contributed by atoms with van der Waals surface area (Å²) in [7, 11) is 0. The van der Waals surface area contributed by atoms with E-state index in [1.165, 1.54) is 35.1 Å². The van der Waals surface area contributed by atoms with Gasteiger partial charge in [-0.3, -0.25) is 4.79 Å². The molecule has 1 saturated heterocycles. The number of allylic oxidation sites excluding steroid dienone is 2. The van der Waals surface area contributed by atoms with Crippen LogP contribution in [0.5, 0.6) is 0 Å². The van der Waals surface area contributed by atoms with Gasteiger partial charge in [0.2, 0.25) is 0 Å². The topological polar surface area (TPSA) is 49.8 Å². The predicted molar refractivity (Wildman–Crippen MR) is 123 cm³/mol. The van der Waals surface area contributed by atoms with Gasteiger partial charge in [-0.1, -0.05) is 64.1 Å². The molecule has 0 amide bonds. The molecule has 1 atom stereocenters. The van der Waals surface area contributed by atoms with Crippen molar-refractivity contribution in [2.24, 2.45) is 0 Å². The van der Waals surface area contributed by atoms with Gasteiger partial charge in [0.1, 0.15) is 11.4 Å². The Bertz CT molecular complexity index is 1110. The Morgan fingerprint density at radius 3 is 1.97 bits per heavy atom. The standard InChI is InChI=1S/C28H32O3/c1-17-14-21-22(27(4,5)13-12-26(21,2)3)15-20(17)28(16-31-28)19-8-6-18(7-9-19)25-23(29)10-11-24(25)30/h6-9,14-15,29H,10-13,16H2,1-5H3. The molecule has 1 aliphatic heterocycles. The van der Waals surface area contributed by atoms with Crippen molar-refractivity contribution in [3.8, 4) is 0 Å². The Balaban J connectivity index is 1.57. The van der Waals surface area contributed by atoms with Crippen LogP contribution >= 0.6 is 0 Å². The SMILES string of the molecule is Cc1cc2c(cc1C1(c3ccc(C4=C(O)CCC4=O)cc3)CO1)C(C)(C)CCC2(C)C. The smallest absolute Gasteiger partial charge is 0.167 e. The molecule has 5 rings (SSSR count). The van der Waals surface area contributed by atoms with Gasteiger partial charge in [-0.2, -0.15) is 0 Å². The van der Waals surface area contributed by atoms with Crippen molar-refractivity contribution in [1.29, 1.82) is 0 Å². The fraction of sp³-hybridized carbons (Fsp3) is 0.464. The van der Waals surface area contributed by atoms with Gasteiger partial charge >= 0.3 is 0 Å². The molecular formula is C28H32O3. The molecule has 31 heavy (non-hydrogen) atoms. The van der Waals surface area contributed by atoms with Gasteiger partial charge in [0.05, 0.1) is 12.2 Å². The number of aliphatic hydroxyl groups excluding tert-OH is 1. The van der Waals surface area contributed by atoms with E-state index in [1.54, 1.807) is 0 Å². The Hall–Kier alpha value is -2.39. The van der Waals surface area contributed by atoms with E-state index in [0.29, 0.717) is 25.0 Å². The molecule has 1 N–H and O–H groups in total. The molecule has 3 nitrogen and oxygen atoms in total. The first-order valence-electron chi connectivity index (χ1n) is 11.4. The number of aryl methyl sites for hydroxylation is 1. The molecule has 0 spiro atoms. The van der Waals surface area contributed by atoms with Crippen LogP contribution in [-0.4, -0.2) is 17.5 Å². The van der Waals surface area contributed by atoms with Crippen LogP contribution in [-0.2, 0) is 26.0 Å². The number of Topliss-reactive ketones (excluding diaryl/α,β-unsaturated/α-hetero) is 1. The van der Waals surface area contributed by atoms with Crippen LogP contribution in [0.1, 0.15) is 86.8 Å². The maximum absolute atomic E-state index is 12.2. The average Bonchev–Trinajstić information content (AvgIpc) is 3.45. The highest BCUT2D eigenvalue weighted by Crippen LogP contribution is 2.52. The lowest BCUT2D eigenvalue weighted by molar-refractivity contribution is -0.113. The Labute approximate surface area is 185 Å². The van der Waals surface area contributed by atoms with Crippen LogP contribution in [0.2, 0.25) is 0 Å². The van der Waals surface area contributed by atoms with Crippen molar-refractivity contribution < 1.29 is 14.6 Å². The first kappa shape index (κ1) is 20.5. The molecule has 1 unspecified atom stereocenters. The van der Waals surface area contributed by atoms with Crippen molar-refractivity contribution in [2.75, 3.05) is 6.61 Å². The first-order chi connectivity index (χ1) is 14.6. The molecular weight excluding hydrogens is 384 g/mol. The maximum Gasteiger partial charge on any atom is 0.167 e. The van der Waals surface area contributed by atoms with Crippen molar-refractivity contribution in [3.63, 3.8) is 0 Å². The van der Waals surface area contributed by atoms with Gasteiger partial charge in [0.15, 0.2) is 5.78 Å². The molecule has 2 aromatic rings. The summed E-state index contributed by atoms with van der Waals surface area (Å²) in [4.78, 5) is 12.2. The Kier molecular flexibility index (Phi) is 4.34. The third-order valence-corrected chi connectivity index (χ3v) is 7.86. The molecule has 0 saturated carbocycles. The van der Waals surface area contributed by atoms with E-state index in [-0.39, 0.29) is 22.4 Å². The van der Waals surface area contributed by atoms with Gasteiger partial charge in [0.25, 0.3) is 0 Å². The zero-order valence-electron chi connectivity index (χ0n) is 19.3. The van der Waals surface area contributed by atoms with Crippen molar-refractivity contribution in [2.45, 2.75) is 76.7 Å². The largest absolute Gasteiger partial charge is 0.512 e. The fourth-order valence-electron chi connectivity index (χ4n) is 5.58. The van der Waals surface area contributed by atoms with E-state index in [0.717, 1.165) is 11.1 Å². The van der Waals surface area contributed by atoms with E-state index in [9.17, 15) is 9.90 Å². The van der Waals surface area contributed by atoms with Crippen LogP contribution < -0.4 is 0 Å². The number of benzene rings is 2.